The van der Waals surface area contributed by atoms with Gasteiger partial charge in [-0.05, 0) is 75.2 Å². The Kier molecular flexibility index (Phi) is 5.50. The summed E-state index contributed by atoms with van der Waals surface area (Å²) in [4.78, 5) is 45.0. The maximum atomic E-state index is 13.9. The molecule has 1 saturated carbocycles. The van der Waals surface area contributed by atoms with Gasteiger partial charge < -0.3 is 26.2 Å². The number of phenolic OH excluding ortho intramolecular Hbond substituents is 1. The normalized spacial score (nSPS) is 27.2. The van der Waals surface area contributed by atoms with Gasteiger partial charge in [0.05, 0.1) is 17.3 Å². The maximum absolute atomic E-state index is 13.9. The van der Waals surface area contributed by atoms with Crippen LogP contribution in [0.15, 0.2) is 47.4 Å². The molecule has 5 rings (SSSR count). The first-order valence-electron chi connectivity index (χ1n) is 11.8. The van der Waals surface area contributed by atoms with Crippen molar-refractivity contribution >= 4 is 23.2 Å². The van der Waals surface area contributed by atoms with E-state index in [0.29, 0.717) is 16.8 Å². The lowest BCUT2D eigenvalue weighted by atomic mass is 9.57. The van der Waals surface area contributed by atoms with E-state index < -0.39 is 58.0 Å². The molecule has 4 atom stereocenters. The number of rotatable bonds is 3. The quantitative estimate of drug-likeness (QED) is 0.386. The van der Waals surface area contributed by atoms with Gasteiger partial charge in [-0.15, -0.1) is 0 Å². The first-order chi connectivity index (χ1) is 17.4. The van der Waals surface area contributed by atoms with Gasteiger partial charge in [0.25, 0.3) is 5.91 Å². The molecule has 192 valence electrons. The molecule has 0 spiro atoms. The van der Waals surface area contributed by atoms with Gasteiger partial charge in [-0.1, -0.05) is 0 Å². The highest BCUT2D eigenvalue weighted by atomic mass is 16.3. The molecule has 4 unspecified atom stereocenters. The van der Waals surface area contributed by atoms with Crippen LogP contribution in [0.1, 0.15) is 23.1 Å². The number of ketones is 2. The fourth-order valence-electron chi connectivity index (χ4n) is 6.17. The molecule has 3 aliphatic rings. The van der Waals surface area contributed by atoms with Gasteiger partial charge in [-0.3, -0.25) is 24.3 Å². The van der Waals surface area contributed by atoms with Crippen LogP contribution in [0.5, 0.6) is 5.75 Å². The zero-order valence-corrected chi connectivity index (χ0v) is 20.5. The number of nitrogens with zero attached hydrogens (tertiary/aromatic N) is 2. The Bertz CT molecular complexity index is 1460. The number of aliphatic hydroxyl groups excluding tert-OH is 2. The molecule has 3 aliphatic carbocycles. The molecule has 1 amide bonds. The van der Waals surface area contributed by atoms with Crippen LogP contribution in [0.2, 0.25) is 0 Å². The summed E-state index contributed by atoms with van der Waals surface area (Å²) in [6.07, 6.45) is 1.88. The molecule has 2 aromatic rings. The maximum Gasteiger partial charge on any atom is 0.255 e. The minimum absolute atomic E-state index is 0.0299. The molecule has 1 fully saturated rings. The SMILES string of the molecule is Cc1ccnc(-c2ccc(O)c3c2CC2CC4C(N(C)C)C(=O)C(C(N)=O)=C(O)C4(O)C(=O)C2=C3O)c1. The number of likely N-dealkylation sites (N-methyl/N-ethyl adjacent to an activating group) is 1. The Morgan fingerprint density at radius 2 is 1.86 bits per heavy atom. The van der Waals surface area contributed by atoms with E-state index in [0.717, 1.165) is 5.56 Å². The Morgan fingerprint density at radius 3 is 2.49 bits per heavy atom. The number of hydrogen-bond acceptors (Lipinski definition) is 9. The highest BCUT2D eigenvalue weighted by molar-refractivity contribution is 6.24. The third kappa shape index (κ3) is 3.32. The van der Waals surface area contributed by atoms with Gasteiger partial charge in [0.15, 0.2) is 11.4 Å². The van der Waals surface area contributed by atoms with Crippen molar-refractivity contribution in [2.75, 3.05) is 14.1 Å². The molecule has 37 heavy (non-hydrogen) atoms. The molecular weight excluding hydrogens is 478 g/mol. The number of hydrogen-bond donors (Lipinski definition) is 5. The smallest absolute Gasteiger partial charge is 0.255 e. The van der Waals surface area contributed by atoms with E-state index in [9.17, 15) is 34.8 Å². The molecule has 1 aromatic carbocycles. The number of pyridine rings is 1. The highest BCUT2D eigenvalue weighted by Crippen LogP contribution is 2.53. The Labute approximate surface area is 212 Å². The van der Waals surface area contributed by atoms with Crippen molar-refractivity contribution in [3.05, 3.63) is 64.1 Å². The van der Waals surface area contributed by atoms with Crippen LogP contribution in [-0.4, -0.2) is 73.5 Å². The summed E-state index contributed by atoms with van der Waals surface area (Å²) >= 11 is 0. The predicted molar refractivity (Wildman–Crippen MR) is 132 cm³/mol. The molecule has 10 heteroatoms. The van der Waals surface area contributed by atoms with Crippen LogP contribution in [0.25, 0.3) is 17.0 Å². The number of Topliss-reactive ketones (excluding diaryl/α,β-unsaturated/α-hetero) is 2. The summed E-state index contributed by atoms with van der Waals surface area (Å²) in [5.41, 5.74) is 4.53. The number of nitrogens with two attached hydrogens (primary N) is 1. The van der Waals surface area contributed by atoms with Crippen LogP contribution < -0.4 is 5.73 Å². The second-order valence-electron chi connectivity index (χ2n) is 10.2. The zero-order valence-electron chi connectivity index (χ0n) is 20.5. The number of aromatic nitrogens is 1. The van der Waals surface area contributed by atoms with E-state index in [4.69, 9.17) is 5.73 Å². The first-order valence-corrected chi connectivity index (χ1v) is 11.8. The molecule has 0 aliphatic heterocycles. The van der Waals surface area contributed by atoms with Crippen molar-refractivity contribution in [3.63, 3.8) is 0 Å². The molecule has 6 N–H and O–H groups in total. The van der Waals surface area contributed by atoms with Crippen LogP contribution in [0.4, 0.5) is 0 Å². The van der Waals surface area contributed by atoms with E-state index >= 15 is 0 Å². The lowest BCUT2D eigenvalue weighted by molar-refractivity contribution is -0.153. The molecule has 1 heterocycles. The van der Waals surface area contributed by atoms with Crippen molar-refractivity contribution in [1.82, 2.24) is 9.88 Å². The summed E-state index contributed by atoms with van der Waals surface area (Å²) in [5, 5.41) is 44.6. The molecule has 1 aromatic heterocycles. The van der Waals surface area contributed by atoms with Gasteiger partial charge in [-0.25, -0.2) is 0 Å². The number of aromatic hydroxyl groups is 1. The average molecular weight is 506 g/mol. The Morgan fingerprint density at radius 1 is 1.16 bits per heavy atom. The molecule has 0 bridgehead atoms. The number of carbonyl (C=O) groups is 3. The van der Waals surface area contributed by atoms with Gasteiger partial charge in [0, 0.05) is 23.3 Å². The van der Waals surface area contributed by atoms with Crippen LogP contribution in [0, 0.1) is 18.8 Å². The first kappa shape index (κ1) is 24.7. The zero-order chi connectivity index (χ0) is 27.0. The molecular formula is C27H27N3O7. The van der Waals surface area contributed by atoms with Gasteiger partial charge in [0.2, 0.25) is 5.78 Å². The molecule has 0 radical (unpaired) electrons. The number of fused-ring (bicyclic) bond motifs is 3. The van der Waals surface area contributed by atoms with Crippen molar-refractivity contribution in [2.45, 2.75) is 31.4 Å². The average Bonchev–Trinajstić information content (AvgIpc) is 2.81. The van der Waals surface area contributed by atoms with Crippen LogP contribution >= 0.6 is 0 Å². The standard InChI is InChI=1S/C27H27N3O7/c1-11-6-7-29-16(8-11)13-4-5-17(31)19-14(13)9-12-10-15-21(30(2)3)23(33)20(26(28)36)25(35)27(15,37)24(34)18(12)22(19)32/h4-8,12,15,21,31-32,35,37H,9-10H2,1-3H3,(H2,28,36). The predicted octanol–water partition coefficient (Wildman–Crippen LogP) is 1.33. The number of phenols is 1. The van der Waals surface area contributed by atoms with Gasteiger partial charge >= 0.3 is 0 Å². The van der Waals surface area contributed by atoms with E-state index in [1.807, 2.05) is 19.1 Å². The third-order valence-electron chi connectivity index (χ3n) is 7.80. The van der Waals surface area contributed by atoms with E-state index in [2.05, 4.69) is 4.98 Å². The summed E-state index contributed by atoms with van der Waals surface area (Å²) in [6.45, 7) is 1.91. The summed E-state index contributed by atoms with van der Waals surface area (Å²) in [5.74, 6) is -6.75. The molecule has 10 nitrogen and oxygen atoms in total. The minimum atomic E-state index is -2.66. The lowest BCUT2D eigenvalue weighted by Crippen LogP contribution is -2.65. The Hall–Kier alpha value is -4.02. The second kappa shape index (κ2) is 8.25. The summed E-state index contributed by atoms with van der Waals surface area (Å²) in [7, 11) is 3.12. The lowest BCUT2D eigenvalue weighted by Gasteiger charge is -2.50. The van der Waals surface area contributed by atoms with Crippen LogP contribution in [-0.2, 0) is 20.8 Å². The number of benzene rings is 1. The number of primary amides is 1. The van der Waals surface area contributed by atoms with E-state index in [1.54, 1.807) is 26.4 Å². The fourth-order valence-corrected chi connectivity index (χ4v) is 6.17. The monoisotopic (exact) mass is 505 g/mol. The topological polar surface area (TPSA) is 174 Å². The number of amides is 1. The highest BCUT2D eigenvalue weighted by Gasteiger charge is 2.64. The van der Waals surface area contributed by atoms with Crippen molar-refractivity contribution in [1.29, 1.82) is 0 Å². The summed E-state index contributed by atoms with van der Waals surface area (Å²) in [6, 6.07) is 5.66. The van der Waals surface area contributed by atoms with E-state index in [-0.39, 0.29) is 29.7 Å². The molecule has 0 saturated heterocycles. The third-order valence-corrected chi connectivity index (χ3v) is 7.80. The number of aliphatic hydroxyl groups is 3. The number of aryl methyl sites for hydroxylation is 1. The summed E-state index contributed by atoms with van der Waals surface area (Å²) < 4.78 is 0. The van der Waals surface area contributed by atoms with E-state index in [1.165, 1.54) is 11.0 Å². The largest absolute Gasteiger partial charge is 0.508 e. The minimum Gasteiger partial charge on any atom is -0.508 e. The number of carbonyl (C=O) groups excluding carboxylic acids is 3. The van der Waals surface area contributed by atoms with Gasteiger partial charge in [0.1, 0.15) is 22.8 Å². The fraction of sp³-hybridized carbons (Fsp3) is 0.333. The second-order valence-corrected chi connectivity index (χ2v) is 10.2. The van der Waals surface area contributed by atoms with Crippen molar-refractivity contribution in [3.8, 4) is 17.0 Å². The van der Waals surface area contributed by atoms with Gasteiger partial charge in [-0.2, -0.15) is 0 Å². The van der Waals surface area contributed by atoms with Crippen molar-refractivity contribution in [2.24, 2.45) is 17.6 Å². The van der Waals surface area contributed by atoms with Crippen LogP contribution in [0.3, 0.4) is 0 Å². The van der Waals surface area contributed by atoms with Crippen molar-refractivity contribution < 1.29 is 34.8 Å². The Balaban J connectivity index is 1.75.